The zero-order valence-corrected chi connectivity index (χ0v) is 12.9. The van der Waals surface area contributed by atoms with Crippen molar-refractivity contribution in [2.75, 3.05) is 19.6 Å². The minimum absolute atomic E-state index is 0.0545. The Morgan fingerprint density at radius 3 is 2.26 bits per heavy atom. The van der Waals surface area contributed by atoms with Crippen LogP contribution in [0.2, 0.25) is 0 Å². The SMILES string of the molecule is CC(C)CNCC(=O)NCCCCCC(=O)C(C)C. The molecule has 112 valence electrons. The predicted octanol–water partition coefficient (Wildman–Crippen LogP) is 2.13. The molecule has 4 nitrogen and oxygen atoms in total. The normalized spacial score (nSPS) is 11.1. The van der Waals surface area contributed by atoms with Crippen LogP contribution in [0.3, 0.4) is 0 Å². The van der Waals surface area contributed by atoms with Gasteiger partial charge in [0, 0.05) is 18.9 Å². The van der Waals surface area contributed by atoms with Crippen molar-refractivity contribution in [3.63, 3.8) is 0 Å². The molecule has 0 aliphatic carbocycles. The Morgan fingerprint density at radius 1 is 1.00 bits per heavy atom. The van der Waals surface area contributed by atoms with E-state index in [-0.39, 0.29) is 11.8 Å². The lowest BCUT2D eigenvalue weighted by atomic mass is 10.0. The molecule has 0 saturated carbocycles. The number of rotatable bonds is 11. The van der Waals surface area contributed by atoms with Gasteiger partial charge in [-0.1, -0.05) is 34.1 Å². The average molecular weight is 270 g/mol. The minimum atomic E-state index is 0.0545. The molecule has 0 aromatic rings. The Kier molecular flexibility index (Phi) is 10.5. The Hall–Kier alpha value is -0.900. The van der Waals surface area contributed by atoms with Gasteiger partial charge in [0.05, 0.1) is 6.54 Å². The Morgan fingerprint density at radius 2 is 1.68 bits per heavy atom. The van der Waals surface area contributed by atoms with Crippen molar-refractivity contribution < 1.29 is 9.59 Å². The van der Waals surface area contributed by atoms with Crippen LogP contribution < -0.4 is 10.6 Å². The summed E-state index contributed by atoms with van der Waals surface area (Å²) in [6, 6.07) is 0. The second-order valence-corrected chi connectivity index (χ2v) is 5.81. The van der Waals surface area contributed by atoms with E-state index in [1.54, 1.807) is 0 Å². The summed E-state index contributed by atoms with van der Waals surface area (Å²) < 4.78 is 0. The van der Waals surface area contributed by atoms with Crippen molar-refractivity contribution in [1.82, 2.24) is 10.6 Å². The van der Waals surface area contributed by atoms with Gasteiger partial charge in [-0.2, -0.15) is 0 Å². The highest BCUT2D eigenvalue weighted by Gasteiger charge is 2.06. The Balaban J connectivity index is 3.34. The highest BCUT2D eigenvalue weighted by molar-refractivity contribution is 5.80. The van der Waals surface area contributed by atoms with Gasteiger partial charge < -0.3 is 10.6 Å². The quantitative estimate of drug-likeness (QED) is 0.566. The van der Waals surface area contributed by atoms with Crippen LogP contribution in [0, 0.1) is 11.8 Å². The van der Waals surface area contributed by atoms with Crippen molar-refractivity contribution >= 4 is 11.7 Å². The fraction of sp³-hybridized carbons (Fsp3) is 0.867. The molecule has 0 unspecified atom stereocenters. The molecule has 0 aromatic carbocycles. The van der Waals surface area contributed by atoms with Crippen LogP contribution in [0.15, 0.2) is 0 Å². The predicted molar refractivity (Wildman–Crippen MR) is 79.0 cm³/mol. The summed E-state index contributed by atoms with van der Waals surface area (Å²) in [5.74, 6) is 1.10. The molecule has 2 N–H and O–H groups in total. The maximum absolute atomic E-state index is 11.4. The van der Waals surface area contributed by atoms with Gasteiger partial charge in [0.1, 0.15) is 5.78 Å². The van der Waals surface area contributed by atoms with E-state index >= 15 is 0 Å². The molecule has 0 fully saturated rings. The molecule has 0 heterocycles. The monoisotopic (exact) mass is 270 g/mol. The van der Waals surface area contributed by atoms with Crippen LogP contribution in [0.5, 0.6) is 0 Å². The molecule has 0 aliphatic heterocycles. The number of nitrogens with one attached hydrogen (secondary N) is 2. The molecule has 4 heteroatoms. The molecule has 0 aromatic heterocycles. The van der Waals surface area contributed by atoms with Crippen molar-refractivity contribution in [3.8, 4) is 0 Å². The van der Waals surface area contributed by atoms with E-state index in [9.17, 15) is 9.59 Å². The van der Waals surface area contributed by atoms with Crippen molar-refractivity contribution in [3.05, 3.63) is 0 Å². The molecule has 0 aliphatic rings. The first-order valence-electron chi connectivity index (χ1n) is 7.43. The summed E-state index contributed by atoms with van der Waals surface area (Å²) in [5, 5.41) is 5.99. The summed E-state index contributed by atoms with van der Waals surface area (Å²) in [4.78, 5) is 22.8. The van der Waals surface area contributed by atoms with Gasteiger partial charge in [0.25, 0.3) is 0 Å². The van der Waals surface area contributed by atoms with E-state index < -0.39 is 0 Å². The summed E-state index contributed by atoms with van der Waals surface area (Å²) in [5.41, 5.74) is 0. The van der Waals surface area contributed by atoms with Gasteiger partial charge in [-0.15, -0.1) is 0 Å². The van der Waals surface area contributed by atoms with E-state index in [0.717, 1.165) is 25.8 Å². The number of ketones is 1. The third-order valence-corrected chi connectivity index (χ3v) is 2.90. The molecular formula is C15H30N2O2. The summed E-state index contributed by atoms with van der Waals surface area (Å²) >= 11 is 0. The van der Waals surface area contributed by atoms with E-state index in [0.29, 0.717) is 31.2 Å². The molecular weight excluding hydrogens is 240 g/mol. The second kappa shape index (κ2) is 11.0. The van der Waals surface area contributed by atoms with Gasteiger partial charge in [0.15, 0.2) is 0 Å². The third kappa shape index (κ3) is 11.9. The van der Waals surface area contributed by atoms with Crippen molar-refractivity contribution in [2.24, 2.45) is 11.8 Å². The molecule has 19 heavy (non-hydrogen) atoms. The Labute approximate surface area is 117 Å². The average Bonchev–Trinajstić information content (AvgIpc) is 2.32. The largest absolute Gasteiger partial charge is 0.355 e. The number of hydrogen-bond donors (Lipinski definition) is 2. The Bertz CT molecular complexity index is 263. The standard InChI is InChI=1S/C15H30N2O2/c1-12(2)10-16-11-15(19)17-9-7-5-6-8-14(18)13(3)4/h12-13,16H,5-11H2,1-4H3,(H,17,19). The second-order valence-electron chi connectivity index (χ2n) is 5.81. The first-order valence-corrected chi connectivity index (χ1v) is 7.43. The number of carbonyl (C=O) groups is 2. The highest BCUT2D eigenvalue weighted by Crippen LogP contribution is 2.05. The maximum atomic E-state index is 11.4. The fourth-order valence-corrected chi connectivity index (χ4v) is 1.65. The molecule has 0 atom stereocenters. The smallest absolute Gasteiger partial charge is 0.233 e. The van der Waals surface area contributed by atoms with Crippen molar-refractivity contribution in [1.29, 1.82) is 0 Å². The lowest BCUT2D eigenvalue weighted by Crippen LogP contribution is -2.35. The minimum Gasteiger partial charge on any atom is -0.355 e. The van der Waals surface area contributed by atoms with E-state index in [2.05, 4.69) is 24.5 Å². The van der Waals surface area contributed by atoms with Crippen LogP contribution in [0.25, 0.3) is 0 Å². The number of unbranched alkanes of at least 4 members (excludes halogenated alkanes) is 2. The fourth-order valence-electron chi connectivity index (χ4n) is 1.65. The summed E-state index contributed by atoms with van der Waals surface area (Å²) in [6.45, 7) is 10.1. The van der Waals surface area contributed by atoms with Gasteiger partial charge in [0.2, 0.25) is 5.91 Å². The van der Waals surface area contributed by atoms with Crippen LogP contribution in [-0.2, 0) is 9.59 Å². The number of amides is 1. The first-order chi connectivity index (χ1) is 8.93. The molecule has 0 radical (unpaired) electrons. The number of carbonyl (C=O) groups excluding carboxylic acids is 2. The molecule has 0 rings (SSSR count). The van der Waals surface area contributed by atoms with Gasteiger partial charge in [-0.3, -0.25) is 9.59 Å². The molecule has 0 bridgehead atoms. The molecule has 0 saturated heterocycles. The van der Waals surface area contributed by atoms with Crippen LogP contribution in [0.4, 0.5) is 0 Å². The lowest BCUT2D eigenvalue weighted by molar-refractivity contribution is -0.122. The summed E-state index contributed by atoms with van der Waals surface area (Å²) in [7, 11) is 0. The van der Waals surface area contributed by atoms with Crippen LogP contribution >= 0.6 is 0 Å². The van der Waals surface area contributed by atoms with Crippen molar-refractivity contribution in [2.45, 2.75) is 53.4 Å². The zero-order chi connectivity index (χ0) is 14.7. The van der Waals surface area contributed by atoms with E-state index in [1.165, 1.54) is 0 Å². The molecule has 1 amide bonds. The third-order valence-electron chi connectivity index (χ3n) is 2.90. The number of Topliss-reactive ketones (excluding diaryl/α,β-unsaturated/α-hetero) is 1. The molecule has 0 spiro atoms. The van der Waals surface area contributed by atoms with Gasteiger partial charge in [-0.05, 0) is 25.3 Å². The van der Waals surface area contributed by atoms with E-state index in [1.807, 2.05) is 13.8 Å². The number of hydrogen-bond acceptors (Lipinski definition) is 3. The van der Waals surface area contributed by atoms with Crippen LogP contribution in [-0.4, -0.2) is 31.3 Å². The first kappa shape index (κ1) is 18.1. The van der Waals surface area contributed by atoms with Crippen LogP contribution in [0.1, 0.15) is 53.4 Å². The summed E-state index contributed by atoms with van der Waals surface area (Å²) in [6.07, 6.45) is 3.54. The highest BCUT2D eigenvalue weighted by atomic mass is 16.2. The van der Waals surface area contributed by atoms with E-state index in [4.69, 9.17) is 0 Å². The lowest BCUT2D eigenvalue weighted by Gasteiger charge is -2.08. The van der Waals surface area contributed by atoms with Gasteiger partial charge in [-0.25, -0.2) is 0 Å². The zero-order valence-electron chi connectivity index (χ0n) is 12.9. The topological polar surface area (TPSA) is 58.2 Å². The maximum Gasteiger partial charge on any atom is 0.233 e. The van der Waals surface area contributed by atoms with Gasteiger partial charge >= 0.3 is 0 Å².